The van der Waals surface area contributed by atoms with Crippen LogP contribution in [0.5, 0.6) is 0 Å². The van der Waals surface area contributed by atoms with Crippen LogP contribution in [-0.2, 0) is 4.79 Å². The van der Waals surface area contributed by atoms with Crippen LogP contribution < -0.4 is 5.31 Å². The summed E-state index contributed by atoms with van der Waals surface area (Å²) in [6.45, 7) is 0.140. The van der Waals surface area contributed by atoms with E-state index in [9.17, 15) is 4.79 Å². The second kappa shape index (κ2) is 1.47. The molecule has 0 unspecified atom stereocenters. The van der Waals surface area contributed by atoms with Gasteiger partial charge in [0.2, 0.25) is 5.91 Å². The minimum Gasteiger partial charge on any atom is -0.337 e. The zero-order chi connectivity index (χ0) is 7.72. The summed E-state index contributed by atoms with van der Waals surface area (Å²) < 4.78 is 13.6. The first kappa shape index (κ1) is 3.06. The third-order valence-corrected chi connectivity index (χ3v) is 0.939. The maximum atomic E-state index is 10.7. The molecule has 8 heavy (non-hydrogen) atoms. The molecular weight excluding hydrogens is 106 g/mol. The van der Waals surface area contributed by atoms with Crippen LogP contribution in [0, 0.1) is 5.40 Å². The van der Waals surface area contributed by atoms with Gasteiger partial charge in [0.25, 0.3) is 0 Å². The molecule has 0 radical (unpaired) electrons. The van der Waals surface area contributed by atoms with Gasteiger partial charge in [-0.2, -0.15) is 0 Å². The van der Waals surface area contributed by atoms with Crippen LogP contribution in [-0.4, -0.2) is 30.4 Å². The van der Waals surface area contributed by atoms with Crippen LogP contribution in [0.15, 0.2) is 0 Å². The first-order valence-electron chi connectivity index (χ1n) is 3.11. The Kier molecular flexibility index (Phi) is 0.562. The SMILES string of the molecule is [2H]N=C1N(C)CC(=O)N1[2H]. The number of carbonyl (C=O) groups is 1. The van der Waals surface area contributed by atoms with Gasteiger partial charge in [-0.15, -0.1) is 0 Å². The molecule has 4 nitrogen and oxygen atoms in total. The van der Waals surface area contributed by atoms with Crippen LogP contribution in [0.1, 0.15) is 0 Å². The van der Waals surface area contributed by atoms with Gasteiger partial charge in [-0.05, 0) is 0 Å². The van der Waals surface area contributed by atoms with Gasteiger partial charge < -0.3 is 4.90 Å². The normalized spacial score (nSPS) is 29.1. The first-order valence-corrected chi connectivity index (χ1v) is 2.22. The molecule has 0 aliphatic carbocycles. The highest BCUT2D eigenvalue weighted by molar-refractivity contribution is 6.02. The number of guanidine groups is 1. The average Bonchev–Trinajstić information content (AvgIpc) is 2.09. The lowest BCUT2D eigenvalue weighted by molar-refractivity contribution is -0.118. The Labute approximate surface area is 49.9 Å². The highest BCUT2D eigenvalue weighted by Gasteiger charge is 2.18. The van der Waals surface area contributed by atoms with Crippen molar-refractivity contribution in [1.29, 1.82) is 5.40 Å². The Morgan fingerprint density at radius 1 is 2.25 bits per heavy atom. The number of carbonyl (C=O) groups excluding carboxylic acids is 1. The van der Waals surface area contributed by atoms with Gasteiger partial charge in [-0.1, -0.05) is 0 Å². The predicted octanol–water partition coefficient (Wildman–Crippen LogP) is -1.02. The van der Waals surface area contributed by atoms with Gasteiger partial charge in [0.05, 0.1) is 6.54 Å². The van der Waals surface area contributed by atoms with Crippen LogP contribution >= 0.6 is 0 Å². The monoisotopic (exact) mass is 115 g/mol. The molecule has 2 N–H and O–H groups in total. The van der Waals surface area contributed by atoms with Crippen LogP contribution in [0.3, 0.4) is 0 Å². The number of nitrogens with one attached hydrogen (secondary N) is 2. The van der Waals surface area contributed by atoms with Crippen LogP contribution in [0.2, 0.25) is 2.82 Å². The molecular formula is C4H7N3O. The summed E-state index contributed by atoms with van der Waals surface area (Å²) in [5.74, 6) is -0.279. The largest absolute Gasteiger partial charge is 0.337 e. The number of rotatable bonds is 0. The lowest BCUT2D eigenvalue weighted by Crippen LogP contribution is -2.25. The zero-order valence-electron chi connectivity index (χ0n) is 6.46. The third-order valence-electron chi connectivity index (χ3n) is 0.939. The van der Waals surface area contributed by atoms with Crippen molar-refractivity contribution < 1.29 is 7.62 Å². The van der Waals surface area contributed by atoms with E-state index >= 15 is 0 Å². The Hall–Kier alpha value is -1.06. The lowest BCUT2D eigenvalue weighted by Gasteiger charge is -2.03. The topological polar surface area (TPSA) is 56.2 Å². The number of hydrogen-bond donors (Lipinski definition) is 2. The fourth-order valence-electron chi connectivity index (χ4n) is 0.506. The summed E-state index contributed by atoms with van der Waals surface area (Å²) in [7, 11) is 1.61. The molecule has 0 atom stereocenters. The first-order chi connectivity index (χ1) is 4.66. The van der Waals surface area contributed by atoms with Gasteiger partial charge in [0.1, 0.15) is 0 Å². The van der Waals surface area contributed by atoms with Gasteiger partial charge >= 0.3 is 0 Å². The fourth-order valence-corrected chi connectivity index (χ4v) is 0.506. The fraction of sp³-hybridized carbons (Fsp3) is 0.500. The molecule has 0 aromatic heterocycles. The van der Waals surface area contributed by atoms with Crippen LogP contribution in [0.25, 0.3) is 0 Å². The smallest absolute Gasteiger partial charge is 0.246 e. The quantitative estimate of drug-likeness (QED) is 0.424. The molecule has 1 aliphatic rings. The lowest BCUT2D eigenvalue weighted by atomic mass is 10.6. The molecule has 1 aliphatic heterocycles. The van der Waals surface area contributed by atoms with Crippen molar-refractivity contribution >= 4 is 11.9 Å². The minimum atomic E-state index is -0.353. The molecule has 1 rings (SSSR count). The Balaban J connectivity index is 2.84. The number of nitrogens with zero attached hydrogens (tertiary/aromatic N) is 1. The molecule has 1 amide bonds. The Morgan fingerprint density at radius 2 is 3.00 bits per heavy atom. The molecule has 0 bridgehead atoms. The highest BCUT2D eigenvalue weighted by atomic mass is 16.2. The van der Waals surface area contributed by atoms with E-state index < -0.39 is 0 Å². The van der Waals surface area contributed by atoms with E-state index in [1.54, 1.807) is 7.05 Å². The number of likely N-dealkylation sites (N-methyl/N-ethyl adjacent to an activating group) is 1. The molecule has 1 saturated heterocycles. The van der Waals surface area contributed by atoms with E-state index in [4.69, 9.17) is 2.82 Å². The van der Waals surface area contributed by atoms with Crippen molar-refractivity contribution in [3.8, 4) is 0 Å². The second-order valence-electron chi connectivity index (χ2n) is 1.66. The van der Waals surface area contributed by atoms with E-state index in [1.807, 2.05) is 0 Å². The predicted molar refractivity (Wildman–Crippen MR) is 28.5 cm³/mol. The van der Waals surface area contributed by atoms with Crippen molar-refractivity contribution in [2.45, 2.75) is 0 Å². The highest BCUT2D eigenvalue weighted by Crippen LogP contribution is 1.89. The average molecular weight is 115 g/mol. The summed E-state index contributed by atoms with van der Waals surface area (Å²) in [4.78, 5) is 12.1. The van der Waals surface area contributed by atoms with Gasteiger partial charge in [0.15, 0.2) is 8.78 Å². The molecule has 0 saturated carbocycles. The van der Waals surface area contributed by atoms with Crippen molar-refractivity contribution in [1.82, 2.24) is 10.2 Å². The maximum Gasteiger partial charge on any atom is 0.246 e. The van der Waals surface area contributed by atoms with E-state index in [0.29, 0.717) is 5.31 Å². The molecule has 4 heteroatoms. The molecule has 0 aromatic rings. The van der Waals surface area contributed by atoms with E-state index in [0.717, 1.165) is 0 Å². The maximum absolute atomic E-state index is 10.7. The van der Waals surface area contributed by atoms with Gasteiger partial charge in [-0.3, -0.25) is 15.5 Å². The Morgan fingerprint density at radius 3 is 3.25 bits per heavy atom. The van der Waals surface area contributed by atoms with Crippen molar-refractivity contribution in [3.63, 3.8) is 0 Å². The number of amides is 1. The van der Waals surface area contributed by atoms with Gasteiger partial charge in [-0.25, -0.2) is 0 Å². The molecule has 1 heterocycles. The second-order valence-corrected chi connectivity index (χ2v) is 1.66. The summed E-state index contributed by atoms with van der Waals surface area (Å²) in [5.41, 5.74) is 0. The summed E-state index contributed by atoms with van der Waals surface area (Å²) in [6, 6.07) is 0. The van der Waals surface area contributed by atoms with Crippen molar-refractivity contribution in [2.24, 2.45) is 0 Å². The summed E-state index contributed by atoms with van der Waals surface area (Å²) in [5, 5.41) is 3.63. The summed E-state index contributed by atoms with van der Waals surface area (Å²) >= 11 is 0. The number of hydrogen-bond acceptors (Lipinski definition) is 2. The third kappa shape index (κ3) is 0.641. The zero-order valence-corrected chi connectivity index (χ0v) is 4.46. The Bertz CT molecular complexity index is 193. The van der Waals surface area contributed by atoms with Crippen LogP contribution in [0.4, 0.5) is 0 Å². The summed E-state index contributed by atoms with van der Waals surface area (Å²) in [6.07, 6.45) is 0. The molecule has 44 valence electrons. The van der Waals surface area contributed by atoms with E-state index in [1.165, 1.54) is 4.90 Å². The standard InChI is InChI=1S/C4H7N3O/c1-7-2-3(8)6-4(7)5/h2H2,1H3,(H2,5,6,8)/i/hD2. The van der Waals surface area contributed by atoms with E-state index in [2.05, 4.69) is 5.40 Å². The van der Waals surface area contributed by atoms with Gasteiger partial charge in [0, 0.05) is 7.05 Å². The van der Waals surface area contributed by atoms with Crippen molar-refractivity contribution in [2.75, 3.05) is 13.6 Å². The van der Waals surface area contributed by atoms with E-state index in [-0.39, 0.29) is 18.4 Å². The molecule has 0 aromatic carbocycles. The van der Waals surface area contributed by atoms with Crippen molar-refractivity contribution in [3.05, 3.63) is 0 Å². The minimum absolute atomic E-state index is 0.0741. The molecule has 0 spiro atoms. The molecule has 1 fully saturated rings.